The molecular formula is C13H6F6N6O2. The number of Topliss-reactive ketones (excluding diaryl/α,β-unsaturated/α-hetero) is 1. The summed E-state index contributed by atoms with van der Waals surface area (Å²) in [4.78, 5) is 11.5. The van der Waals surface area contributed by atoms with E-state index in [0.29, 0.717) is 6.07 Å². The number of hydrogen-bond donors (Lipinski definition) is 2. The lowest BCUT2D eigenvalue weighted by Gasteiger charge is -2.14. The van der Waals surface area contributed by atoms with Gasteiger partial charge in [0.25, 0.3) is 5.78 Å². The van der Waals surface area contributed by atoms with Gasteiger partial charge in [0.05, 0.1) is 5.56 Å². The first-order valence-electron chi connectivity index (χ1n) is 6.63. The fourth-order valence-electron chi connectivity index (χ4n) is 1.76. The van der Waals surface area contributed by atoms with Gasteiger partial charge in [-0.05, 0) is 23.4 Å². The van der Waals surface area contributed by atoms with Crippen molar-refractivity contribution in [3.05, 3.63) is 35.8 Å². The van der Waals surface area contributed by atoms with Crippen LogP contribution in [0.15, 0.2) is 24.4 Å². The molecule has 2 aromatic rings. The van der Waals surface area contributed by atoms with Crippen LogP contribution in [0.1, 0.15) is 16.2 Å². The number of rotatable bonds is 5. The van der Waals surface area contributed by atoms with Crippen molar-refractivity contribution in [1.29, 1.82) is 5.26 Å². The molecule has 0 aliphatic heterocycles. The van der Waals surface area contributed by atoms with Crippen LogP contribution in [0.3, 0.4) is 0 Å². The molecule has 0 fully saturated rings. The van der Waals surface area contributed by atoms with Crippen molar-refractivity contribution >= 4 is 17.0 Å². The van der Waals surface area contributed by atoms with Gasteiger partial charge in [0.1, 0.15) is 17.4 Å². The number of ketones is 1. The van der Waals surface area contributed by atoms with Crippen LogP contribution in [0, 0.1) is 11.3 Å². The molecule has 8 nitrogen and oxygen atoms in total. The molecular weight excluding hydrogens is 386 g/mol. The summed E-state index contributed by atoms with van der Waals surface area (Å²) < 4.78 is 78.5. The van der Waals surface area contributed by atoms with Crippen LogP contribution in [0.5, 0.6) is 5.75 Å². The third kappa shape index (κ3) is 5.17. The van der Waals surface area contributed by atoms with Crippen molar-refractivity contribution in [3.8, 4) is 11.8 Å². The zero-order valence-electron chi connectivity index (χ0n) is 12.7. The Kier molecular flexibility index (Phi) is 5.34. The number of hydrogen-bond acceptors (Lipinski definition) is 7. The Morgan fingerprint density at radius 1 is 1.26 bits per heavy atom. The number of nitriles is 1. The van der Waals surface area contributed by atoms with Gasteiger partial charge in [-0.3, -0.25) is 4.79 Å². The molecule has 142 valence electrons. The first kappa shape index (κ1) is 19.7. The Morgan fingerprint density at radius 2 is 1.96 bits per heavy atom. The molecule has 0 amide bonds. The number of halogens is 6. The van der Waals surface area contributed by atoms with Gasteiger partial charge in [-0.2, -0.15) is 23.6 Å². The molecule has 0 saturated heterocycles. The number of H-pyrrole nitrogens is 1. The lowest BCUT2D eigenvalue weighted by Crippen LogP contribution is -2.24. The summed E-state index contributed by atoms with van der Waals surface area (Å²) in [5.41, 5.74) is -1.95. The highest BCUT2D eigenvalue weighted by Gasteiger charge is 2.41. The van der Waals surface area contributed by atoms with Gasteiger partial charge in [-0.15, -0.1) is 23.4 Å². The fourth-order valence-corrected chi connectivity index (χ4v) is 1.76. The van der Waals surface area contributed by atoms with Gasteiger partial charge in [0, 0.05) is 11.9 Å². The van der Waals surface area contributed by atoms with Gasteiger partial charge in [0.2, 0.25) is 5.82 Å². The summed E-state index contributed by atoms with van der Waals surface area (Å²) in [7, 11) is 0. The van der Waals surface area contributed by atoms with Crippen LogP contribution in [0.4, 0.5) is 32.0 Å². The number of alkyl halides is 6. The number of carbonyl (C=O) groups excluding carboxylic acids is 1. The van der Waals surface area contributed by atoms with E-state index in [1.165, 1.54) is 0 Å². The number of nitrogens with one attached hydrogen (secondary N) is 2. The molecule has 0 unspecified atom stereocenters. The average Bonchev–Trinajstić information content (AvgIpc) is 3.07. The van der Waals surface area contributed by atoms with E-state index in [1.807, 2.05) is 0 Å². The van der Waals surface area contributed by atoms with E-state index in [-0.39, 0.29) is 17.5 Å². The lowest BCUT2D eigenvalue weighted by atomic mass is 10.1. The molecule has 2 N–H and O–H groups in total. The van der Waals surface area contributed by atoms with Crippen molar-refractivity contribution in [2.24, 2.45) is 0 Å². The lowest BCUT2D eigenvalue weighted by molar-refractivity contribution is -0.274. The molecule has 0 bridgehead atoms. The Bertz CT molecular complexity index is 897. The summed E-state index contributed by atoms with van der Waals surface area (Å²) in [6.45, 7) is 0. The predicted octanol–water partition coefficient (Wildman–Crippen LogP) is 2.82. The minimum Gasteiger partial charge on any atom is -0.406 e. The monoisotopic (exact) mass is 392 g/mol. The van der Waals surface area contributed by atoms with Crippen LogP contribution in [0.2, 0.25) is 0 Å². The normalized spacial score (nSPS) is 12.4. The van der Waals surface area contributed by atoms with Crippen molar-refractivity contribution in [2.45, 2.75) is 12.5 Å². The average molecular weight is 392 g/mol. The van der Waals surface area contributed by atoms with E-state index in [2.05, 4.69) is 30.7 Å². The second kappa shape index (κ2) is 7.32. The molecule has 0 atom stereocenters. The molecule has 0 aliphatic carbocycles. The Morgan fingerprint density at radius 3 is 2.48 bits per heavy atom. The van der Waals surface area contributed by atoms with Gasteiger partial charge in [0.15, 0.2) is 0 Å². The van der Waals surface area contributed by atoms with Crippen molar-refractivity contribution in [1.82, 2.24) is 20.6 Å². The summed E-state index contributed by atoms with van der Waals surface area (Å²) >= 11 is 0. The van der Waals surface area contributed by atoms with Crippen LogP contribution in [-0.4, -0.2) is 38.9 Å². The van der Waals surface area contributed by atoms with Gasteiger partial charge < -0.3 is 10.1 Å². The first-order chi connectivity index (χ1) is 12.5. The molecule has 2 rings (SSSR count). The smallest absolute Gasteiger partial charge is 0.406 e. The van der Waals surface area contributed by atoms with E-state index >= 15 is 0 Å². The number of nitrogens with zero attached hydrogens (tertiary/aromatic N) is 4. The minimum absolute atomic E-state index is 0.203. The zero-order chi connectivity index (χ0) is 20.2. The number of anilines is 1. The number of ether oxygens (including phenoxy) is 1. The Labute approximate surface area is 145 Å². The Balaban J connectivity index is 2.43. The maximum absolute atomic E-state index is 12.7. The Hall–Kier alpha value is -3.63. The third-order valence-electron chi connectivity index (χ3n) is 2.81. The van der Waals surface area contributed by atoms with Crippen LogP contribution >= 0.6 is 0 Å². The zero-order valence-corrected chi connectivity index (χ0v) is 12.7. The van der Waals surface area contributed by atoms with Crippen LogP contribution in [0.25, 0.3) is 5.57 Å². The second-order valence-corrected chi connectivity index (χ2v) is 4.63. The van der Waals surface area contributed by atoms with E-state index in [1.54, 1.807) is 6.07 Å². The topological polar surface area (TPSA) is 117 Å². The van der Waals surface area contributed by atoms with Crippen molar-refractivity contribution in [3.63, 3.8) is 0 Å². The number of tetrazole rings is 1. The van der Waals surface area contributed by atoms with E-state index in [9.17, 15) is 31.1 Å². The van der Waals surface area contributed by atoms with Crippen molar-refractivity contribution < 1.29 is 35.9 Å². The largest absolute Gasteiger partial charge is 0.573 e. The number of allylic oxidation sites excluding steroid dienone is 1. The number of carbonyl (C=O) groups is 1. The first-order valence-corrected chi connectivity index (χ1v) is 6.63. The van der Waals surface area contributed by atoms with Crippen molar-refractivity contribution in [2.75, 3.05) is 5.32 Å². The van der Waals surface area contributed by atoms with Crippen LogP contribution < -0.4 is 10.1 Å². The quantitative estimate of drug-likeness (QED) is 0.457. The molecule has 0 aliphatic rings. The molecule has 1 aromatic carbocycles. The molecule has 0 saturated carbocycles. The second-order valence-electron chi connectivity index (χ2n) is 4.63. The maximum Gasteiger partial charge on any atom is 0.573 e. The highest BCUT2D eigenvalue weighted by molar-refractivity contribution is 6.05. The fraction of sp³-hybridized carbons (Fsp3) is 0.154. The maximum atomic E-state index is 12.7. The standard InChI is InChI=1S/C13H6F6N6O2/c14-12(15,16)10(26)8-3-7(27-13(17,18)19)1-2-9(8)21-5-6(4-20)11-22-24-25-23-11/h1-3,5,21H,(H,22,23,24,25). The number of aromatic amines is 1. The highest BCUT2D eigenvalue weighted by atomic mass is 19.4. The van der Waals surface area contributed by atoms with Gasteiger partial charge >= 0.3 is 12.5 Å². The summed E-state index contributed by atoms with van der Waals surface area (Å²) in [5, 5.41) is 23.4. The summed E-state index contributed by atoms with van der Waals surface area (Å²) in [5.74, 6) is -3.64. The molecule has 0 spiro atoms. The van der Waals surface area contributed by atoms with Crippen LogP contribution in [-0.2, 0) is 0 Å². The summed E-state index contributed by atoms with van der Waals surface area (Å²) in [6.07, 6.45) is -9.67. The molecule has 14 heteroatoms. The minimum atomic E-state index is -5.36. The van der Waals surface area contributed by atoms with E-state index in [0.717, 1.165) is 12.3 Å². The summed E-state index contributed by atoms with van der Waals surface area (Å²) in [6, 6.07) is 3.35. The predicted molar refractivity (Wildman–Crippen MR) is 74.9 cm³/mol. The molecule has 1 aromatic heterocycles. The number of benzene rings is 1. The third-order valence-corrected chi connectivity index (χ3v) is 2.81. The van der Waals surface area contributed by atoms with E-state index < -0.39 is 35.3 Å². The molecule has 1 heterocycles. The van der Waals surface area contributed by atoms with Gasteiger partial charge in [-0.25, -0.2) is 0 Å². The molecule has 0 radical (unpaired) electrons. The van der Waals surface area contributed by atoms with E-state index in [4.69, 9.17) is 5.26 Å². The SMILES string of the molecule is N#CC(=CNc1ccc(OC(F)(F)F)cc1C(=O)C(F)(F)F)c1nn[nH]n1. The number of aromatic nitrogens is 4. The highest BCUT2D eigenvalue weighted by Crippen LogP contribution is 2.32. The molecule has 27 heavy (non-hydrogen) atoms. The van der Waals surface area contributed by atoms with Gasteiger partial charge in [-0.1, -0.05) is 0 Å².